The lowest BCUT2D eigenvalue weighted by atomic mass is 9.72. The van der Waals surface area contributed by atoms with Gasteiger partial charge in [0.15, 0.2) is 8.32 Å². The Morgan fingerprint density at radius 2 is 1.72 bits per heavy atom. The molecule has 100 valence electrons. The number of hydrogen-bond acceptors (Lipinski definition) is 1. The van der Waals surface area contributed by atoms with Crippen LogP contribution in [0.25, 0.3) is 0 Å². The van der Waals surface area contributed by atoms with Crippen molar-refractivity contribution < 1.29 is 4.43 Å². The van der Waals surface area contributed by atoms with E-state index in [1.165, 1.54) is 12.8 Å². The van der Waals surface area contributed by atoms with Gasteiger partial charge in [0.05, 0.1) is 5.60 Å². The third kappa shape index (κ3) is 0.996. The zero-order valence-corrected chi connectivity index (χ0v) is 13.2. The molecule has 5 aliphatic carbocycles. The van der Waals surface area contributed by atoms with E-state index in [0.29, 0.717) is 11.0 Å². The van der Waals surface area contributed by atoms with Crippen molar-refractivity contribution in [3.05, 3.63) is 0 Å². The Bertz CT molecular complexity index is 441. The molecule has 5 rings (SSSR count). The van der Waals surface area contributed by atoms with Crippen LogP contribution in [0.15, 0.2) is 0 Å². The largest absolute Gasteiger partial charge is 0.411 e. The second-order valence-corrected chi connectivity index (χ2v) is 13.7. The van der Waals surface area contributed by atoms with Crippen LogP contribution in [-0.2, 0) is 4.43 Å². The van der Waals surface area contributed by atoms with Crippen LogP contribution >= 0.6 is 0 Å². The van der Waals surface area contributed by atoms with Crippen molar-refractivity contribution in [3.63, 3.8) is 0 Å². The summed E-state index contributed by atoms with van der Waals surface area (Å²) in [4.78, 5) is 0. The first-order valence-corrected chi connectivity index (χ1v) is 11.5. The second-order valence-electron chi connectivity index (χ2n) is 9.28. The highest BCUT2D eigenvalue weighted by atomic mass is 28.4. The van der Waals surface area contributed by atoms with Gasteiger partial charge in [-0.3, -0.25) is 0 Å². The van der Waals surface area contributed by atoms with E-state index in [1.807, 2.05) is 0 Å². The molecule has 18 heavy (non-hydrogen) atoms. The van der Waals surface area contributed by atoms with Crippen molar-refractivity contribution in [2.45, 2.75) is 57.8 Å². The molecular weight excluding hydrogens is 236 g/mol. The van der Waals surface area contributed by atoms with Crippen LogP contribution < -0.4 is 0 Å². The number of fused-ring (bicyclic) bond motifs is 10. The van der Waals surface area contributed by atoms with Gasteiger partial charge in [-0.1, -0.05) is 6.92 Å². The van der Waals surface area contributed by atoms with Crippen molar-refractivity contribution in [2.75, 3.05) is 0 Å². The molecule has 5 saturated carbocycles. The Morgan fingerprint density at radius 3 is 2.44 bits per heavy atom. The molecule has 5 aliphatic rings. The average Bonchev–Trinajstić information content (AvgIpc) is 2.96. The molecular formula is C16H26OSi. The quantitative estimate of drug-likeness (QED) is 0.686. The van der Waals surface area contributed by atoms with Crippen molar-refractivity contribution in [1.29, 1.82) is 0 Å². The highest BCUT2D eigenvalue weighted by Crippen LogP contribution is 2.86. The van der Waals surface area contributed by atoms with Crippen LogP contribution in [0, 0.1) is 40.9 Å². The van der Waals surface area contributed by atoms with Crippen molar-refractivity contribution in [2.24, 2.45) is 40.9 Å². The van der Waals surface area contributed by atoms with Crippen LogP contribution in [0.3, 0.4) is 0 Å². The van der Waals surface area contributed by atoms with Gasteiger partial charge < -0.3 is 4.43 Å². The highest BCUT2D eigenvalue weighted by Gasteiger charge is 2.85. The smallest absolute Gasteiger partial charge is 0.184 e. The van der Waals surface area contributed by atoms with Crippen LogP contribution in [0.5, 0.6) is 0 Å². The summed E-state index contributed by atoms with van der Waals surface area (Å²) in [5, 5.41) is 0. The normalized spacial score (nSPS) is 66.7. The summed E-state index contributed by atoms with van der Waals surface area (Å²) in [7, 11) is -1.39. The molecule has 2 heteroatoms. The summed E-state index contributed by atoms with van der Waals surface area (Å²) < 4.78 is 6.79. The van der Waals surface area contributed by atoms with Gasteiger partial charge in [0.1, 0.15) is 0 Å². The fourth-order valence-electron chi connectivity index (χ4n) is 6.97. The second kappa shape index (κ2) is 2.65. The third-order valence-electron chi connectivity index (χ3n) is 7.41. The molecule has 0 N–H and O–H groups in total. The fraction of sp³-hybridized carbons (Fsp3) is 1.00. The Morgan fingerprint density at radius 1 is 1.00 bits per heavy atom. The van der Waals surface area contributed by atoms with E-state index >= 15 is 0 Å². The van der Waals surface area contributed by atoms with Gasteiger partial charge in [0.25, 0.3) is 0 Å². The van der Waals surface area contributed by atoms with Gasteiger partial charge in [-0.25, -0.2) is 0 Å². The summed E-state index contributed by atoms with van der Waals surface area (Å²) in [6.07, 6.45) is 6.09. The molecule has 0 aromatic heterocycles. The predicted molar refractivity (Wildman–Crippen MR) is 74.7 cm³/mol. The van der Waals surface area contributed by atoms with Crippen LogP contribution in [0.2, 0.25) is 19.6 Å². The van der Waals surface area contributed by atoms with E-state index in [9.17, 15) is 0 Å². The Hall–Kier alpha value is 0.177. The monoisotopic (exact) mass is 262 g/mol. The lowest BCUT2D eigenvalue weighted by Gasteiger charge is -2.40. The first kappa shape index (κ1) is 10.9. The Labute approximate surface area is 112 Å². The van der Waals surface area contributed by atoms with E-state index in [4.69, 9.17) is 4.43 Å². The van der Waals surface area contributed by atoms with Gasteiger partial charge in [0.2, 0.25) is 0 Å². The maximum atomic E-state index is 6.79. The zero-order valence-electron chi connectivity index (χ0n) is 12.2. The molecule has 0 radical (unpaired) electrons. The van der Waals surface area contributed by atoms with Crippen molar-refractivity contribution >= 4 is 8.32 Å². The van der Waals surface area contributed by atoms with Crippen molar-refractivity contribution in [3.8, 4) is 0 Å². The molecule has 0 unspecified atom stereocenters. The molecule has 0 heterocycles. The van der Waals surface area contributed by atoms with E-state index in [1.54, 1.807) is 12.8 Å². The summed E-state index contributed by atoms with van der Waals surface area (Å²) in [5.74, 6) is 6.51. The van der Waals surface area contributed by atoms with Crippen LogP contribution in [0.4, 0.5) is 0 Å². The third-order valence-corrected chi connectivity index (χ3v) is 8.38. The molecule has 0 saturated heterocycles. The molecule has 0 aliphatic heterocycles. The summed E-state index contributed by atoms with van der Waals surface area (Å²) in [5.41, 5.74) is 0.955. The maximum Gasteiger partial charge on any atom is 0.184 e. The van der Waals surface area contributed by atoms with Gasteiger partial charge in [-0.2, -0.15) is 0 Å². The first-order chi connectivity index (χ1) is 8.36. The summed E-state index contributed by atoms with van der Waals surface area (Å²) in [6.45, 7) is 9.73. The van der Waals surface area contributed by atoms with Gasteiger partial charge in [0, 0.05) is 5.41 Å². The van der Waals surface area contributed by atoms with Gasteiger partial charge in [-0.15, -0.1) is 0 Å². The van der Waals surface area contributed by atoms with E-state index in [0.717, 1.165) is 35.5 Å². The first-order valence-electron chi connectivity index (χ1n) is 8.06. The summed E-state index contributed by atoms with van der Waals surface area (Å²) >= 11 is 0. The Kier molecular flexibility index (Phi) is 1.61. The minimum atomic E-state index is -1.39. The average molecular weight is 262 g/mol. The lowest BCUT2D eigenvalue weighted by Crippen LogP contribution is -2.44. The minimum absolute atomic E-state index is 0.361. The molecule has 0 aromatic carbocycles. The molecule has 5 fully saturated rings. The van der Waals surface area contributed by atoms with Crippen molar-refractivity contribution in [1.82, 2.24) is 0 Å². The fourth-order valence-corrected chi connectivity index (χ4v) is 8.52. The molecule has 2 bridgehead atoms. The molecule has 0 aromatic rings. The Balaban J connectivity index is 1.52. The molecule has 0 amide bonds. The maximum absolute atomic E-state index is 6.79. The molecule has 0 spiro atoms. The highest BCUT2D eigenvalue weighted by molar-refractivity contribution is 6.69. The van der Waals surface area contributed by atoms with E-state index in [-0.39, 0.29) is 0 Å². The zero-order chi connectivity index (χ0) is 12.5. The van der Waals surface area contributed by atoms with Crippen LogP contribution in [0.1, 0.15) is 32.6 Å². The number of hydrogen-bond donors (Lipinski definition) is 0. The van der Waals surface area contributed by atoms with E-state index < -0.39 is 8.32 Å². The van der Waals surface area contributed by atoms with Crippen LogP contribution in [-0.4, -0.2) is 13.9 Å². The molecule has 8 atom stereocenters. The standard InChI is InChI=1S/C16H26OSi/c1-15-8-16(15,17-18(2,3)4)12-7-13(15)14-10-5-9(10)6-11(12)14/h9-14H,5-8H2,1-4H3/t9-,10-,11+,12-,13+,14+,15+,16+/m1/s1. The predicted octanol–water partition coefficient (Wildman–Crippen LogP) is 3.91. The minimum Gasteiger partial charge on any atom is -0.411 e. The molecule has 1 nitrogen and oxygen atoms in total. The van der Waals surface area contributed by atoms with Gasteiger partial charge >= 0.3 is 0 Å². The topological polar surface area (TPSA) is 9.23 Å². The summed E-state index contributed by atoms with van der Waals surface area (Å²) in [6, 6.07) is 0. The van der Waals surface area contributed by atoms with E-state index in [2.05, 4.69) is 26.6 Å². The number of rotatable bonds is 2. The van der Waals surface area contributed by atoms with Gasteiger partial charge in [-0.05, 0) is 80.8 Å². The lowest BCUT2D eigenvalue weighted by molar-refractivity contribution is 0.0196. The SMILES string of the molecule is C[C@@]12C[C@]1(O[Si](C)(C)C)[C@@H]1C[C@H]2[C@H]2[C@@H]3C[C@@H]3C[C@H]21.